The Labute approximate surface area is 163 Å². The molecule has 28 heavy (non-hydrogen) atoms. The summed E-state index contributed by atoms with van der Waals surface area (Å²) in [6, 6.07) is 9.16. The summed E-state index contributed by atoms with van der Waals surface area (Å²) in [6.07, 6.45) is 0. The molecule has 6 nitrogen and oxygen atoms in total. The number of aryl methyl sites for hydroxylation is 1. The number of esters is 1. The van der Waals surface area contributed by atoms with Crippen LogP contribution in [0.5, 0.6) is 5.75 Å². The first kappa shape index (κ1) is 19.6. The molecule has 0 aliphatic heterocycles. The van der Waals surface area contributed by atoms with Gasteiger partial charge in [0.2, 0.25) is 0 Å². The van der Waals surface area contributed by atoms with Crippen LogP contribution in [0.3, 0.4) is 0 Å². The minimum Gasteiger partial charge on any atom is -0.496 e. The number of aromatic nitrogens is 2. The largest absolute Gasteiger partial charge is 0.496 e. The fourth-order valence-corrected chi connectivity index (χ4v) is 3.29. The summed E-state index contributed by atoms with van der Waals surface area (Å²) in [5.41, 5.74) is 3.57. The van der Waals surface area contributed by atoms with E-state index in [4.69, 9.17) is 9.47 Å². The van der Waals surface area contributed by atoms with Gasteiger partial charge in [0.15, 0.2) is 0 Å². The highest BCUT2D eigenvalue weighted by Crippen LogP contribution is 2.34. The molecule has 0 amide bonds. The number of aromatic amines is 1. The first-order valence-electron chi connectivity index (χ1n) is 9.25. The van der Waals surface area contributed by atoms with Gasteiger partial charge in [0.1, 0.15) is 17.1 Å². The molecule has 146 valence electrons. The molecular weight excluding hydrogens is 356 g/mol. The van der Waals surface area contributed by atoms with E-state index in [0.29, 0.717) is 28.0 Å². The van der Waals surface area contributed by atoms with Crippen LogP contribution >= 0.6 is 0 Å². The molecule has 3 rings (SSSR count). The van der Waals surface area contributed by atoms with Crippen LogP contribution in [0, 0.1) is 6.92 Å². The van der Waals surface area contributed by atoms with Gasteiger partial charge in [-0.25, -0.2) is 9.78 Å². The van der Waals surface area contributed by atoms with E-state index in [0.717, 1.165) is 16.7 Å². The van der Waals surface area contributed by atoms with Crippen molar-refractivity contribution in [3.8, 4) is 16.9 Å². The van der Waals surface area contributed by atoms with E-state index in [-0.39, 0.29) is 18.1 Å². The van der Waals surface area contributed by atoms with Gasteiger partial charge in [-0.2, -0.15) is 0 Å². The minimum atomic E-state index is -0.441. The first-order valence-corrected chi connectivity index (χ1v) is 9.25. The van der Waals surface area contributed by atoms with Crippen molar-refractivity contribution in [2.24, 2.45) is 0 Å². The normalized spacial score (nSPS) is 11.1. The number of fused-ring (bicyclic) bond motifs is 1. The molecule has 6 heteroatoms. The van der Waals surface area contributed by atoms with E-state index in [1.807, 2.05) is 18.2 Å². The average Bonchev–Trinajstić information content (AvgIpc) is 2.66. The van der Waals surface area contributed by atoms with Crippen molar-refractivity contribution in [2.45, 2.75) is 33.6 Å². The summed E-state index contributed by atoms with van der Waals surface area (Å²) in [6.45, 7) is 7.97. The Bertz CT molecular complexity index is 1100. The van der Waals surface area contributed by atoms with Crippen LogP contribution in [-0.2, 0) is 4.74 Å². The molecule has 0 fully saturated rings. The average molecular weight is 380 g/mol. The van der Waals surface area contributed by atoms with Gasteiger partial charge in [0.05, 0.1) is 24.6 Å². The molecular formula is C22H24N2O4. The van der Waals surface area contributed by atoms with Gasteiger partial charge in [-0.3, -0.25) is 4.79 Å². The zero-order valence-corrected chi connectivity index (χ0v) is 16.8. The number of ether oxygens (including phenoxy) is 2. The summed E-state index contributed by atoms with van der Waals surface area (Å²) in [5, 5.41) is 0.513. The lowest BCUT2D eigenvalue weighted by atomic mass is 9.90. The van der Waals surface area contributed by atoms with Crippen LogP contribution in [0.2, 0.25) is 0 Å². The van der Waals surface area contributed by atoms with Gasteiger partial charge in [-0.15, -0.1) is 0 Å². The molecule has 0 aliphatic rings. The number of nitrogens with one attached hydrogen (secondary N) is 1. The number of nitrogens with zero attached hydrogens (tertiary/aromatic N) is 1. The summed E-state index contributed by atoms with van der Waals surface area (Å²) in [7, 11) is 1.51. The van der Waals surface area contributed by atoms with Crippen LogP contribution in [-0.4, -0.2) is 29.7 Å². The van der Waals surface area contributed by atoms with E-state index in [9.17, 15) is 9.59 Å². The van der Waals surface area contributed by atoms with Crippen LogP contribution in [0.15, 0.2) is 35.1 Å². The predicted octanol–water partition coefficient (Wildman–Crippen LogP) is 4.21. The predicted molar refractivity (Wildman–Crippen MR) is 109 cm³/mol. The molecule has 1 heterocycles. The smallest absolute Gasteiger partial charge is 0.341 e. The molecule has 0 radical (unpaired) electrons. The second-order valence-electron chi connectivity index (χ2n) is 6.90. The van der Waals surface area contributed by atoms with Crippen molar-refractivity contribution in [3.63, 3.8) is 0 Å². The Kier molecular flexibility index (Phi) is 5.49. The third-order valence-electron chi connectivity index (χ3n) is 4.62. The molecule has 0 saturated carbocycles. The van der Waals surface area contributed by atoms with E-state index in [1.54, 1.807) is 26.0 Å². The maximum absolute atomic E-state index is 12.4. The third kappa shape index (κ3) is 3.63. The van der Waals surface area contributed by atoms with E-state index in [1.165, 1.54) is 7.11 Å². The maximum Gasteiger partial charge on any atom is 0.341 e. The zero-order chi connectivity index (χ0) is 20.4. The van der Waals surface area contributed by atoms with Gasteiger partial charge >= 0.3 is 5.97 Å². The Morgan fingerprint density at radius 1 is 1.21 bits per heavy atom. The number of hydrogen-bond acceptors (Lipinski definition) is 5. The minimum absolute atomic E-state index is 0.182. The van der Waals surface area contributed by atoms with Crippen LogP contribution < -0.4 is 10.3 Å². The Morgan fingerprint density at radius 3 is 2.61 bits per heavy atom. The van der Waals surface area contributed by atoms with Gasteiger partial charge in [0.25, 0.3) is 5.56 Å². The number of H-pyrrole nitrogens is 1. The molecule has 1 N–H and O–H groups in total. The topological polar surface area (TPSA) is 81.3 Å². The van der Waals surface area contributed by atoms with E-state index < -0.39 is 5.97 Å². The van der Waals surface area contributed by atoms with Gasteiger partial charge in [-0.1, -0.05) is 19.9 Å². The quantitative estimate of drug-likeness (QED) is 0.671. The second kappa shape index (κ2) is 7.84. The highest BCUT2D eigenvalue weighted by atomic mass is 16.5. The van der Waals surface area contributed by atoms with Crippen LogP contribution in [0.25, 0.3) is 22.0 Å². The van der Waals surface area contributed by atoms with E-state index >= 15 is 0 Å². The van der Waals surface area contributed by atoms with Crippen molar-refractivity contribution in [1.29, 1.82) is 0 Å². The van der Waals surface area contributed by atoms with Crippen molar-refractivity contribution < 1.29 is 14.3 Å². The van der Waals surface area contributed by atoms with Gasteiger partial charge < -0.3 is 14.5 Å². The summed E-state index contributed by atoms with van der Waals surface area (Å²) in [5.74, 6) is 0.787. The Balaban J connectivity index is 2.27. The third-order valence-corrected chi connectivity index (χ3v) is 4.62. The Morgan fingerprint density at radius 2 is 1.96 bits per heavy atom. The molecule has 2 aromatic carbocycles. The molecule has 0 bridgehead atoms. The number of benzene rings is 2. The second-order valence-corrected chi connectivity index (χ2v) is 6.90. The lowest BCUT2D eigenvalue weighted by Crippen LogP contribution is -2.11. The SMILES string of the molecule is CCOC(=O)c1cc(-c2cc3c(=O)[nH]c(C)nc3cc2C(C)C)ccc1OC. The van der Waals surface area contributed by atoms with E-state index in [2.05, 4.69) is 23.8 Å². The lowest BCUT2D eigenvalue weighted by Gasteiger charge is -2.16. The number of carbonyl (C=O) groups is 1. The molecule has 0 unspecified atom stereocenters. The van der Waals surface area contributed by atoms with Crippen molar-refractivity contribution in [2.75, 3.05) is 13.7 Å². The maximum atomic E-state index is 12.4. The standard InChI is InChI=1S/C22H24N2O4/c1-6-28-22(26)18-9-14(7-8-20(18)27-5)16-10-17-19(11-15(16)12(2)3)23-13(4)24-21(17)25/h7-12H,6H2,1-5H3,(H,23,24,25). The lowest BCUT2D eigenvalue weighted by molar-refractivity contribution is 0.0523. The molecule has 0 aliphatic carbocycles. The monoisotopic (exact) mass is 380 g/mol. The van der Waals surface area contributed by atoms with Gasteiger partial charge in [0, 0.05) is 0 Å². The number of hydrogen-bond donors (Lipinski definition) is 1. The number of methoxy groups -OCH3 is 1. The zero-order valence-electron chi connectivity index (χ0n) is 16.8. The molecule has 1 aromatic heterocycles. The molecule has 0 saturated heterocycles. The molecule has 0 spiro atoms. The summed E-state index contributed by atoms with van der Waals surface area (Å²) >= 11 is 0. The van der Waals surface area contributed by atoms with Crippen LogP contribution in [0.1, 0.15) is 48.4 Å². The summed E-state index contributed by atoms with van der Waals surface area (Å²) < 4.78 is 10.5. The summed E-state index contributed by atoms with van der Waals surface area (Å²) in [4.78, 5) is 32.0. The fraction of sp³-hybridized carbons (Fsp3) is 0.318. The Hall–Kier alpha value is -3.15. The fourth-order valence-electron chi connectivity index (χ4n) is 3.29. The molecule has 3 aromatic rings. The molecule has 0 atom stereocenters. The van der Waals surface area contributed by atoms with Crippen LogP contribution in [0.4, 0.5) is 0 Å². The number of rotatable bonds is 5. The van der Waals surface area contributed by atoms with Crippen molar-refractivity contribution in [3.05, 3.63) is 57.6 Å². The van der Waals surface area contributed by atoms with Crippen molar-refractivity contribution in [1.82, 2.24) is 9.97 Å². The van der Waals surface area contributed by atoms with Gasteiger partial charge in [-0.05, 0) is 60.7 Å². The number of carbonyl (C=O) groups excluding carboxylic acids is 1. The van der Waals surface area contributed by atoms with Crippen molar-refractivity contribution >= 4 is 16.9 Å². The first-order chi connectivity index (χ1) is 13.3. The highest BCUT2D eigenvalue weighted by molar-refractivity contribution is 5.95. The highest BCUT2D eigenvalue weighted by Gasteiger charge is 2.18.